The van der Waals surface area contributed by atoms with Crippen LogP contribution in [0.2, 0.25) is 0 Å². The van der Waals surface area contributed by atoms with Crippen molar-refractivity contribution in [3.8, 4) is 0 Å². The van der Waals surface area contributed by atoms with E-state index >= 15 is 0 Å². The van der Waals surface area contributed by atoms with Crippen molar-refractivity contribution >= 4 is 16.8 Å². The minimum atomic E-state index is -4.29. The Hall–Kier alpha value is -0.230. The molecule has 0 amide bonds. The highest BCUT2D eigenvalue weighted by Crippen LogP contribution is 2.41. The van der Waals surface area contributed by atoms with Crippen LogP contribution in [0.1, 0.15) is 6.92 Å². The minimum absolute atomic E-state index is 0.111. The fourth-order valence-corrected chi connectivity index (χ4v) is 2.34. The van der Waals surface area contributed by atoms with E-state index in [1.165, 1.54) is 0 Å². The molecular formula is C7H8F3NOS. The third-order valence-corrected chi connectivity index (χ3v) is 3.45. The van der Waals surface area contributed by atoms with E-state index in [4.69, 9.17) is 4.74 Å². The zero-order valence-electron chi connectivity index (χ0n) is 6.89. The molecule has 0 bridgehead atoms. The van der Waals surface area contributed by atoms with Crippen LogP contribution >= 0.6 is 11.8 Å². The van der Waals surface area contributed by atoms with Crippen LogP contribution in [0.25, 0.3) is 0 Å². The van der Waals surface area contributed by atoms with Crippen molar-refractivity contribution < 1.29 is 17.9 Å². The Balaban J connectivity index is 2.17. The highest BCUT2D eigenvalue weighted by molar-refractivity contribution is 8.14. The summed E-state index contributed by atoms with van der Waals surface area (Å²) in [6, 6.07) is 0. The summed E-state index contributed by atoms with van der Waals surface area (Å²) in [6.45, 7) is 2.24. The first-order valence-corrected chi connectivity index (χ1v) is 4.82. The lowest BCUT2D eigenvalue weighted by atomic mass is 10.0. The van der Waals surface area contributed by atoms with Crippen LogP contribution in [0, 0.1) is 0 Å². The summed E-state index contributed by atoms with van der Waals surface area (Å²) < 4.78 is 41.6. The molecule has 1 saturated heterocycles. The van der Waals surface area contributed by atoms with E-state index in [0.717, 1.165) is 11.8 Å². The highest BCUT2D eigenvalue weighted by atomic mass is 32.2. The number of aliphatic imine (C=N–C) groups is 1. The van der Waals surface area contributed by atoms with Crippen molar-refractivity contribution in [3.05, 3.63) is 0 Å². The molecule has 1 unspecified atom stereocenters. The zero-order chi connectivity index (χ0) is 9.69. The quantitative estimate of drug-likeness (QED) is 0.618. The lowest BCUT2D eigenvalue weighted by Crippen LogP contribution is -2.29. The van der Waals surface area contributed by atoms with Gasteiger partial charge in [-0.15, -0.1) is 0 Å². The molecule has 2 rings (SSSR count). The second-order valence-corrected chi connectivity index (χ2v) is 4.35. The standard InChI is InChI=1S/C7H8F3NOS/c1-6(4-2-12-4)3-13-5(11-6)7(8,9)10/h4H,2-3H2,1H3/t4-,6?/m0/s1. The van der Waals surface area contributed by atoms with E-state index in [2.05, 4.69) is 4.99 Å². The van der Waals surface area contributed by atoms with Gasteiger partial charge in [-0.05, 0) is 6.92 Å². The van der Waals surface area contributed by atoms with Gasteiger partial charge in [0.15, 0.2) is 5.04 Å². The number of hydrogen-bond donors (Lipinski definition) is 0. The van der Waals surface area contributed by atoms with Gasteiger partial charge in [-0.2, -0.15) is 13.2 Å². The molecule has 2 aliphatic rings. The SMILES string of the molecule is CC1([C@@H]2CO2)CSC(C(F)(F)F)=N1. The molecule has 2 aliphatic heterocycles. The Morgan fingerprint density at radius 3 is 2.62 bits per heavy atom. The normalized spacial score (nSPS) is 39.1. The molecule has 0 radical (unpaired) electrons. The highest BCUT2D eigenvalue weighted by Gasteiger charge is 2.51. The lowest BCUT2D eigenvalue weighted by molar-refractivity contribution is -0.0557. The average Bonchev–Trinajstić information content (AvgIpc) is 2.75. The third-order valence-electron chi connectivity index (χ3n) is 2.13. The smallest absolute Gasteiger partial charge is 0.370 e. The third kappa shape index (κ3) is 1.69. The number of rotatable bonds is 1. The summed E-state index contributed by atoms with van der Waals surface area (Å²) >= 11 is 0.770. The van der Waals surface area contributed by atoms with Gasteiger partial charge in [0.05, 0.1) is 12.1 Å². The van der Waals surface area contributed by atoms with Crippen LogP contribution in [0.3, 0.4) is 0 Å². The van der Waals surface area contributed by atoms with E-state index < -0.39 is 16.8 Å². The molecule has 0 aromatic heterocycles. The van der Waals surface area contributed by atoms with Crippen molar-refractivity contribution in [1.29, 1.82) is 0 Å². The number of thioether (sulfide) groups is 1. The van der Waals surface area contributed by atoms with E-state index in [1.54, 1.807) is 6.92 Å². The molecular weight excluding hydrogens is 203 g/mol. The Morgan fingerprint density at radius 2 is 2.23 bits per heavy atom. The molecule has 0 spiro atoms. The van der Waals surface area contributed by atoms with Crippen LogP contribution < -0.4 is 0 Å². The molecule has 0 saturated carbocycles. The van der Waals surface area contributed by atoms with Crippen LogP contribution in [0.15, 0.2) is 4.99 Å². The predicted octanol–water partition coefficient (Wildman–Crippen LogP) is 1.85. The van der Waals surface area contributed by atoms with Crippen LogP contribution in [-0.4, -0.2) is 35.2 Å². The van der Waals surface area contributed by atoms with E-state index in [0.29, 0.717) is 12.4 Å². The molecule has 0 aromatic rings. The summed E-state index contributed by atoms with van der Waals surface area (Å²) in [6.07, 6.45) is -4.41. The summed E-state index contributed by atoms with van der Waals surface area (Å²) in [5, 5.41) is -0.717. The van der Waals surface area contributed by atoms with Crippen LogP contribution in [0.5, 0.6) is 0 Å². The van der Waals surface area contributed by atoms with Gasteiger partial charge in [0.1, 0.15) is 6.10 Å². The molecule has 74 valence electrons. The monoisotopic (exact) mass is 211 g/mol. The van der Waals surface area contributed by atoms with Gasteiger partial charge in [-0.25, -0.2) is 0 Å². The van der Waals surface area contributed by atoms with Gasteiger partial charge in [0.25, 0.3) is 0 Å². The van der Waals surface area contributed by atoms with Gasteiger partial charge in [-0.1, -0.05) is 11.8 Å². The molecule has 6 heteroatoms. The van der Waals surface area contributed by atoms with Crippen molar-refractivity contribution in [2.24, 2.45) is 4.99 Å². The topological polar surface area (TPSA) is 24.9 Å². The average molecular weight is 211 g/mol. The maximum absolute atomic E-state index is 12.2. The van der Waals surface area contributed by atoms with Crippen molar-refractivity contribution in [2.75, 3.05) is 12.4 Å². The van der Waals surface area contributed by atoms with E-state index in [9.17, 15) is 13.2 Å². The number of hydrogen-bond acceptors (Lipinski definition) is 3. The maximum atomic E-state index is 12.2. The molecule has 0 aliphatic carbocycles. The Kier molecular flexibility index (Phi) is 1.89. The molecule has 1 fully saturated rings. The molecule has 2 heterocycles. The van der Waals surface area contributed by atoms with Gasteiger partial charge in [0.2, 0.25) is 0 Å². The van der Waals surface area contributed by atoms with Gasteiger partial charge in [0, 0.05) is 5.75 Å². The van der Waals surface area contributed by atoms with Gasteiger partial charge >= 0.3 is 6.18 Å². The Bertz CT molecular complexity index is 261. The number of halogens is 3. The predicted molar refractivity (Wildman–Crippen MR) is 44.1 cm³/mol. The number of nitrogens with zero attached hydrogens (tertiary/aromatic N) is 1. The van der Waals surface area contributed by atoms with Crippen LogP contribution in [0.4, 0.5) is 13.2 Å². The number of ether oxygens (including phenoxy) is 1. The van der Waals surface area contributed by atoms with Gasteiger partial charge < -0.3 is 4.74 Å². The number of epoxide rings is 1. The zero-order valence-corrected chi connectivity index (χ0v) is 7.71. The van der Waals surface area contributed by atoms with Gasteiger partial charge in [-0.3, -0.25) is 4.99 Å². The first-order valence-electron chi connectivity index (χ1n) is 3.83. The molecule has 0 N–H and O–H groups in total. The summed E-state index contributed by atoms with van der Waals surface area (Å²) in [4.78, 5) is 3.68. The van der Waals surface area contributed by atoms with Crippen LogP contribution in [-0.2, 0) is 4.74 Å². The van der Waals surface area contributed by atoms with Crippen molar-refractivity contribution in [1.82, 2.24) is 0 Å². The second-order valence-electron chi connectivity index (χ2n) is 3.38. The lowest BCUT2D eigenvalue weighted by Gasteiger charge is -2.15. The van der Waals surface area contributed by atoms with Crippen molar-refractivity contribution in [3.63, 3.8) is 0 Å². The van der Waals surface area contributed by atoms with E-state index in [-0.39, 0.29) is 6.10 Å². The van der Waals surface area contributed by atoms with Crippen molar-refractivity contribution in [2.45, 2.75) is 24.7 Å². The molecule has 13 heavy (non-hydrogen) atoms. The Morgan fingerprint density at radius 1 is 1.62 bits per heavy atom. The second kappa shape index (κ2) is 2.63. The molecule has 0 aromatic carbocycles. The number of alkyl halides is 3. The fraction of sp³-hybridized carbons (Fsp3) is 0.857. The largest absolute Gasteiger partial charge is 0.439 e. The molecule has 2 nitrogen and oxygen atoms in total. The Labute approximate surface area is 77.5 Å². The first-order chi connectivity index (χ1) is 5.92. The maximum Gasteiger partial charge on any atom is 0.439 e. The summed E-state index contributed by atoms with van der Waals surface area (Å²) in [5.41, 5.74) is -0.657. The minimum Gasteiger partial charge on any atom is -0.370 e. The fourth-order valence-electron chi connectivity index (χ4n) is 1.23. The van der Waals surface area contributed by atoms with E-state index in [1.807, 2.05) is 0 Å². The first kappa shape index (κ1) is 9.33. The summed E-state index contributed by atoms with van der Waals surface area (Å²) in [7, 11) is 0. The molecule has 2 atom stereocenters. The summed E-state index contributed by atoms with van der Waals surface area (Å²) in [5.74, 6) is 0.368.